The summed E-state index contributed by atoms with van der Waals surface area (Å²) in [6.07, 6.45) is 7.19. The van der Waals surface area contributed by atoms with Gasteiger partial charge in [0.05, 0.1) is 5.69 Å². The molecule has 0 aliphatic carbocycles. The van der Waals surface area contributed by atoms with Gasteiger partial charge in [0, 0.05) is 32.7 Å². The Balaban J connectivity index is 2.42. The van der Waals surface area contributed by atoms with Crippen LogP contribution in [0.2, 0.25) is 0 Å². The number of rotatable bonds is 2. The molecule has 5 nitrogen and oxygen atoms in total. The van der Waals surface area contributed by atoms with E-state index >= 15 is 0 Å². The largest absolute Gasteiger partial charge is 0.359 e. The van der Waals surface area contributed by atoms with Gasteiger partial charge in [-0.25, -0.2) is 4.98 Å². The van der Waals surface area contributed by atoms with E-state index in [1.54, 1.807) is 17.5 Å². The second kappa shape index (κ2) is 4.00. The molecule has 0 saturated heterocycles. The van der Waals surface area contributed by atoms with Gasteiger partial charge in [-0.05, 0) is 12.1 Å². The average Bonchev–Trinajstić information content (AvgIpc) is 2.87. The third-order valence-corrected chi connectivity index (χ3v) is 1.88. The van der Waals surface area contributed by atoms with E-state index < -0.39 is 0 Å². The van der Waals surface area contributed by atoms with E-state index in [1.807, 2.05) is 43.2 Å². The van der Waals surface area contributed by atoms with E-state index in [-0.39, 0.29) is 0 Å². The molecule has 0 fully saturated rings. The Hall–Kier alpha value is -2.04. The van der Waals surface area contributed by atoms with Crippen molar-refractivity contribution in [3.05, 3.63) is 42.7 Å². The fourth-order valence-corrected chi connectivity index (χ4v) is 1.29. The molecular weight excluding hydrogens is 190 g/mol. The van der Waals surface area contributed by atoms with Crippen LogP contribution in [0.1, 0.15) is 5.69 Å². The molecule has 0 unspecified atom stereocenters. The van der Waals surface area contributed by atoms with Crippen LogP contribution in [0.25, 0.3) is 0 Å². The highest BCUT2D eigenvalue weighted by atomic mass is 15.4. The van der Waals surface area contributed by atoms with Crippen molar-refractivity contribution >= 4 is 5.84 Å². The number of nitrogens with zero attached hydrogens (tertiary/aromatic N) is 4. The summed E-state index contributed by atoms with van der Waals surface area (Å²) in [7, 11) is 3.78. The standard InChI is InChI=1S/C10H13N5/c1-14(2)13-10(9-4-3-5-12-9)15-7-6-11-8-15/h3-8,12H,1-2H3. The molecule has 2 aromatic heterocycles. The Morgan fingerprint density at radius 3 is 2.93 bits per heavy atom. The van der Waals surface area contributed by atoms with Gasteiger partial charge in [-0.1, -0.05) is 0 Å². The first-order valence-corrected chi connectivity index (χ1v) is 4.65. The lowest BCUT2D eigenvalue weighted by Gasteiger charge is -2.10. The molecule has 0 atom stereocenters. The number of aromatic nitrogens is 3. The normalized spacial score (nSPS) is 11.7. The summed E-state index contributed by atoms with van der Waals surface area (Å²) in [4.78, 5) is 7.13. The van der Waals surface area contributed by atoms with Gasteiger partial charge in [-0.2, -0.15) is 5.10 Å². The predicted molar refractivity (Wildman–Crippen MR) is 58.6 cm³/mol. The highest BCUT2D eigenvalue weighted by Crippen LogP contribution is 2.02. The van der Waals surface area contributed by atoms with Crippen molar-refractivity contribution < 1.29 is 0 Å². The van der Waals surface area contributed by atoms with Crippen molar-refractivity contribution in [2.24, 2.45) is 5.10 Å². The van der Waals surface area contributed by atoms with Crippen LogP contribution in [0, 0.1) is 0 Å². The van der Waals surface area contributed by atoms with E-state index in [0.29, 0.717) is 0 Å². The third-order valence-electron chi connectivity index (χ3n) is 1.88. The Morgan fingerprint density at radius 1 is 1.53 bits per heavy atom. The maximum Gasteiger partial charge on any atom is 0.181 e. The minimum Gasteiger partial charge on any atom is -0.359 e. The number of aromatic amines is 1. The Morgan fingerprint density at radius 2 is 2.40 bits per heavy atom. The summed E-state index contributed by atoms with van der Waals surface area (Å²) in [6, 6.07) is 3.92. The zero-order valence-electron chi connectivity index (χ0n) is 8.75. The minimum atomic E-state index is 0.822. The minimum absolute atomic E-state index is 0.822. The van der Waals surface area contributed by atoms with Crippen LogP contribution in [-0.2, 0) is 0 Å². The van der Waals surface area contributed by atoms with Crippen molar-refractivity contribution in [2.75, 3.05) is 14.1 Å². The zero-order valence-corrected chi connectivity index (χ0v) is 8.75. The van der Waals surface area contributed by atoms with Crippen molar-refractivity contribution in [3.63, 3.8) is 0 Å². The topological polar surface area (TPSA) is 49.2 Å². The molecule has 0 bridgehead atoms. The number of H-pyrrole nitrogens is 1. The lowest BCUT2D eigenvalue weighted by atomic mass is 10.4. The maximum absolute atomic E-state index is 4.40. The van der Waals surface area contributed by atoms with Crippen molar-refractivity contribution in [1.82, 2.24) is 19.5 Å². The summed E-state index contributed by atoms with van der Waals surface area (Å²) in [5.74, 6) is 0.822. The van der Waals surface area contributed by atoms with E-state index in [9.17, 15) is 0 Å². The first-order chi connectivity index (χ1) is 7.27. The van der Waals surface area contributed by atoms with Gasteiger partial charge in [-0.15, -0.1) is 0 Å². The summed E-state index contributed by atoms with van der Waals surface area (Å²) in [5.41, 5.74) is 0.960. The van der Waals surface area contributed by atoms with Crippen LogP contribution in [0.3, 0.4) is 0 Å². The van der Waals surface area contributed by atoms with E-state index in [0.717, 1.165) is 11.5 Å². The van der Waals surface area contributed by atoms with E-state index in [4.69, 9.17) is 0 Å². The van der Waals surface area contributed by atoms with Crippen LogP contribution in [0.4, 0.5) is 0 Å². The Labute approximate surface area is 88.1 Å². The molecule has 0 radical (unpaired) electrons. The Bertz CT molecular complexity index is 388. The number of hydrogen-bond acceptors (Lipinski definition) is 3. The van der Waals surface area contributed by atoms with Gasteiger partial charge < -0.3 is 9.99 Å². The predicted octanol–water partition coefficient (Wildman–Crippen LogP) is 0.983. The molecule has 5 heteroatoms. The molecule has 15 heavy (non-hydrogen) atoms. The second-order valence-electron chi connectivity index (χ2n) is 3.32. The van der Waals surface area contributed by atoms with E-state index in [2.05, 4.69) is 15.1 Å². The smallest absolute Gasteiger partial charge is 0.181 e. The summed E-state index contributed by atoms with van der Waals surface area (Å²) in [5, 5.41) is 6.16. The molecule has 0 amide bonds. The van der Waals surface area contributed by atoms with Gasteiger partial charge in [-0.3, -0.25) is 4.57 Å². The monoisotopic (exact) mass is 203 g/mol. The van der Waals surface area contributed by atoms with Gasteiger partial charge >= 0.3 is 0 Å². The molecule has 1 N–H and O–H groups in total. The number of imidazole rings is 1. The second-order valence-corrected chi connectivity index (χ2v) is 3.32. The van der Waals surface area contributed by atoms with Gasteiger partial charge in [0.2, 0.25) is 0 Å². The Kier molecular flexibility index (Phi) is 2.53. The molecule has 2 heterocycles. The molecule has 2 rings (SSSR count). The van der Waals surface area contributed by atoms with E-state index in [1.165, 1.54) is 0 Å². The molecule has 78 valence electrons. The van der Waals surface area contributed by atoms with Crippen LogP contribution in [0.5, 0.6) is 0 Å². The third kappa shape index (κ3) is 2.07. The van der Waals surface area contributed by atoms with Crippen LogP contribution < -0.4 is 0 Å². The fourth-order valence-electron chi connectivity index (χ4n) is 1.29. The van der Waals surface area contributed by atoms with Gasteiger partial charge in [0.25, 0.3) is 0 Å². The molecule has 0 saturated carbocycles. The lowest BCUT2D eigenvalue weighted by molar-refractivity contribution is 0.435. The summed E-state index contributed by atoms with van der Waals surface area (Å²) < 4.78 is 1.87. The summed E-state index contributed by atoms with van der Waals surface area (Å²) in [6.45, 7) is 0. The zero-order chi connectivity index (χ0) is 10.7. The highest BCUT2D eigenvalue weighted by Gasteiger charge is 2.06. The molecule has 0 aromatic carbocycles. The average molecular weight is 203 g/mol. The molecule has 2 aromatic rings. The van der Waals surface area contributed by atoms with Crippen molar-refractivity contribution in [1.29, 1.82) is 0 Å². The summed E-state index contributed by atoms with van der Waals surface area (Å²) >= 11 is 0. The number of hydrogen-bond donors (Lipinski definition) is 1. The van der Waals surface area contributed by atoms with Crippen molar-refractivity contribution in [2.45, 2.75) is 0 Å². The number of nitrogens with one attached hydrogen (secondary N) is 1. The molecule has 0 aliphatic rings. The maximum atomic E-state index is 4.40. The van der Waals surface area contributed by atoms with Gasteiger partial charge in [0.15, 0.2) is 5.84 Å². The SMILES string of the molecule is CN(C)N=C(c1ccc[nH]1)n1ccnc1. The first-order valence-electron chi connectivity index (χ1n) is 4.65. The lowest BCUT2D eigenvalue weighted by Crippen LogP contribution is -2.17. The van der Waals surface area contributed by atoms with Crippen LogP contribution in [0.15, 0.2) is 42.2 Å². The van der Waals surface area contributed by atoms with Crippen LogP contribution in [-0.4, -0.2) is 39.5 Å². The highest BCUT2D eigenvalue weighted by molar-refractivity contribution is 5.98. The van der Waals surface area contributed by atoms with Crippen molar-refractivity contribution in [3.8, 4) is 0 Å². The first kappa shape index (κ1) is 9.51. The molecular formula is C10H13N5. The quantitative estimate of drug-likeness (QED) is 0.449. The fraction of sp³-hybridized carbons (Fsp3) is 0.200. The molecule has 0 aliphatic heterocycles. The van der Waals surface area contributed by atoms with Gasteiger partial charge in [0.1, 0.15) is 6.33 Å². The molecule has 0 spiro atoms. The van der Waals surface area contributed by atoms with Crippen LogP contribution >= 0.6 is 0 Å². The number of hydrazone groups is 1.